The molecule has 2 fully saturated rings. The van der Waals surface area contributed by atoms with Gasteiger partial charge in [-0.1, -0.05) is 0 Å². The maximum atomic E-state index is 12.4. The van der Waals surface area contributed by atoms with Gasteiger partial charge < -0.3 is 24.6 Å². The molecule has 29 heavy (non-hydrogen) atoms. The Bertz CT molecular complexity index is 521. The fraction of sp³-hybridized carbons (Fsp3) is 0.909. The number of likely N-dealkylation sites (tertiary alicyclic amines) is 1. The molecule has 0 aromatic carbocycles. The van der Waals surface area contributed by atoms with E-state index in [0.717, 1.165) is 57.5 Å². The van der Waals surface area contributed by atoms with Gasteiger partial charge in [-0.2, -0.15) is 0 Å². The first-order chi connectivity index (χ1) is 13.8. The van der Waals surface area contributed by atoms with Crippen molar-refractivity contribution < 1.29 is 14.3 Å². The Balaban J connectivity index is 1.76. The number of guanidine groups is 1. The second kappa shape index (κ2) is 11.6. The number of piperidine rings is 1. The molecule has 7 heteroatoms. The predicted octanol–water partition coefficient (Wildman–Crippen LogP) is 3.35. The van der Waals surface area contributed by atoms with Gasteiger partial charge in [-0.15, -0.1) is 0 Å². The molecule has 0 radical (unpaired) electrons. The minimum Gasteiger partial charge on any atom is -0.444 e. The lowest BCUT2D eigenvalue weighted by Crippen LogP contribution is -2.48. The number of nitrogens with zero attached hydrogens (tertiary/aromatic N) is 3. The lowest BCUT2D eigenvalue weighted by Gasteiger charge is -2.36. The molecule has 1 heterocycles. The highest BCUT2D eigenvalue weighted by atomic mass is 16.6. The number of hydrogen-bond acceptors (Lipinski definition) is 4. The SMILES string of the molecule is CCNC(=NCCOCC1CC1)N1CCC(CN(CC)C(=O)OC(C)(C)C)CC1. The highest BCUT2D eigenvalue weighted by molar-refractivity contribution is 5.80. The Kier molecular flexibility index (Phi) is 9.53. The third kappa shape index (κ3) is 9.24. The van der Waals surface area contributed by atoms with Crippen molar-refractivity contribution in [2.75, 3.05) is 52.5 Å². The van der Waals surface area contributed by atoms with Crippen LogP contribution in [0.5, 0.6) is 0 Å². The molecule has 2 rings (SSSR count). The van der Waals surface area contributed by atoms with E-state index >= 15 is 0 Å². The van der Waals surface area contributed by atoms with Crippen LogP contribution in [0.25, 0.3) is 0 Å². The van der Waals surface area contributed by atoms with E-state index < -0.39 is 5.60 Å². The summed E-state index contributed by atoms with van der Waals surface area (Å²) in [7, 11) is 0. The van der Waals surface area contributed by atoms with Gasteiger partial charge in [-0.25, -0.2) is 4.79 Å². The summed E-state index contributed by atoms with van der Waals surface area (Å²) in [5, 5.41) is 3.41. The number of amides is 1. The maximum absolute atomic E-state index is 12.4. The first-order valence-electron chi connectivity index (χ1n) is 11.4. The van der Waals surface area contributed by atoms with Crippen molar-refractivity contribution in [1.29, 1.82) is 0 Å². The third-order valence-corrected chi connectivity index (χ3v) is 5.31. The Labute approximate surface area is 177 Å². The minimum absolute atomic E-state index is 0.205. The van der Waals surface area contributed by atoms with Crippen LogP contribution >= 0.6 is 0 Å². The van der Waals surface area contributed by atoms with E-state index in [2.05, 4.69) is 17.1 Å². The van der Waals surface area contributed by atoms with Gasteiger partial charge >= 0.3 is 6.09 Å². The molecule has 1 N–H and O–H groups in total. The van der Waals surface area contributed by atoms with E-state index in [4.69, 9.17) is 14.5 Å². The number of rotatable bonds is 9. The van der Waals surface area contributed by atoms with Gasteiger partial charge in [0.15, 0.2) is 5.96 Å². The number of nitrogens with one attached hydrogen (secondary N) is 1. The first kappa shape index (κ1) is 23.8. The van der Waals surface area contributed by atoms with Crippen molar-refractivity contribution in [1.82, 2.24) is 15.1 Å². The van der Waals surface area contributed by atoms with E-state index in [0.29, 0.717) is 25.6 Å². The molecule has 1 aliphatic carbocycles. The highest BCUT2D eigenvalue weighted by Crippen LogP contribution is 2.28. The summed E-state index contributed by atoms with van der Waals surface area (Å²) < 4.78 is 11.2. The molecule has 7 nitrogen and oxygen atoms in total. The van der Waals surface area contributed by atoms with E-state index in [9.17, 15) is 4.79 Å². The van der Waals surface area contributed by atoms with Crippen LogP contribution in [0.1, 0.15) is 60.3 Å². The minimum atomic E-state index is -0.451. The van der Waals surface area contributed by atoms with Crippen molar-refractivity contribution in [3.8, 4) is 0 Å². The number of carbonyl (C=O) groups is 1. The second-order valence-electron chi connectivity index (χ2n) is 9.20. The van der Waals surface area contributed by atoms with Gasteiger partial charge in [0.2, 0.25) is 0 Å². The number of ether oxygens (including phenoxy) is 2. The Morgan fingerprint density at radius 2 is 1.83 bits per heavy atom. The third-order valence-electron chi connectivity index (χ3n) is 5.31. The van der Waals surface area contributed by atoms with Gasteiger partial charge in [-0.3, -0.25) is 4.99 Å². The molecular weight excluding hydrogens is 368 g/mol. The van der Waals surface area contributed by atoms with Crippen molar-refractivity contribution in [2.45, 2.75) is 65.9 Å². The first-order valence-corrected chi connectivity index (χ1v) is 11.4. The fourth-order valence-corrected chi connectivity index (χ4v) is 3.47. The van der Waals surface area contributed by atoms with E-state index in [1.54, 1.807) is 0 Å². The number of hydrogen-bond donors (Lipinski definition) is 1. The normalized spacial score (nSPS) is 18.7. The smallest absolute Gasteiger partial charge is 0.410 e. The van der Waals surface area contributed by atoms with Crippen molar-refractivity contribution >= 4 is 12.1 Å². The van der Waals surface area contributed by atoms with E-state index in [-0.39, 0.29) is 6.09 Å². The van der Waals surface area contributed by atoms with Crippen LogP contribution in [0.15, 0.2) is 4.99 Å². The average Bonchev–Trinajstić information content (AvgIpc) is 3.48. The summed E-state index contributed by atoms with van der Waals surface area (Å²) >= 11 is 0. The average molecular weight is 411 g/mol. The largest absolute Gasteiger partial charge is 0.444 e. The van der Waals surface area contributed by atoms with Crippen molar-refractivity contribution in [2.24, 2.45) is 16.8 Å². The van der Waals surface area contributed by atoms with E-state index in [1.807, 2.05) is 32.6 Å². The predicted molar refractivity (Wildman–Crippen MR) is 117 cm³/mol. The maximum Gasteiger partial charge on any atom is 0.410 e. The summed E-state index contributed by atoms with van der Waals surface area (Å²) in [6, 6.07) is 0. The van der Waals surface area contributed by atoms with Gasteiger partial charge in [0.05, 0.1) is 13.2 Å². The van der Waals surface area contributed by atoms with E-state index in [1.165, 1.54) is 12.8 Å². The fourth-order valence-electron chi connectivity index (χ4n) is 3.47. The topological polar surface area (TPSA) is 66.4 Å². The Morgan fingerprint density at radius 3 is 2.38 bits per heavy atom. The van der Waals surface area contributed by atoms with Crippen LogP contribution < -0.4 is 5.32 Å². The van der Waals surface area contributed by atoms with Crippen LogP contribution in [-0.4, -0.2) is 79.9 Å². The molecular formula is C22H42N4O3. The Hall–Kier alpha value is -1.50. The molecule has 0 bridgehead atoms. The lowest BCUT2D eigenvalue weighted by molar-refractivity contribution is 0.0214. The summed E-state index contributed by atoms with van der Waals surface area (Å²) in [5.41, 5.74) is -0.451. The molecule has 1 saturated heterocycles. The molecule has 0 aromatic heterocycles. The highest BCUT2D eigenvalue weighted by Gasteiger charge is 2.27. The van der Waals surface area contributed by atoms with Crippen LogP contribution in [0.3, 0.4) is 0 Å². The van der Waals surface area contributed by atoms with Crippen molar-refractivity contribution in [3.63, 3.8) is 0 Å². The summed E-state index contributed by atoms with van der Waals surface area (Å²) in [4.78, 5) is 21.3. The molecule has 1 saturated carbocycles. The van der Waals surface area contributed by atoms with Crippen LogP contribution in [0.4, 0.5) is 4.79 Å². The molecule has 0 aromatic rings. The van der Waals surface area contributed by atoms with Crippen molar-refractivity contribution in [3.05, 3.63) is 0 Å². The number of aliphatic imine (C=N–C) groups is 1. The quantitative estimate of drug-likeness (QED) is 0.359. The summed E-state index contributed by atoms with van der Waals surface area (Å²) in [5.74, 6) is 2.29. The molecule has 0 atom stereocenters. The van der Waals surface area contributed by atoms with Gasteiger partial charge in [-0.05, 0) is 72.1 Å². The standard InChI is InChI=1S/C22H42N4O3/c1-6-23-20(24-12-15-28-17-19-8-9-19)26-13-10-18(11-14-26)16-25(7-2)21(27)29-22(3,4)5/h18-19H,6-17H2,1-5H3,(H,23,24). The summed E-state index contributed by atoms with van der Waals surface area (Å²) in [6.07, 6.45) is 4.56. The van der Waals surface area contributed by atoms with Gasteiger partial charge in [0.25, 0.3) is 0 Å². The zero-order chi connectivity index (χ0) is 21.3. The molecule has 0 unspecified atom stereocenters. The lowest BCUT2D eigenvalue weighted by atomic mass is 9.96. The summed E-state index contributed by atoms with van der Waals surface area (Å²) in [6.45, 7) is 16.4. The molecule has 2 aliphatic rings. The van der Waals surface area contributed by atoms with Crippen LogP contribution in [0.2, 0.25) is 0 Å². The van der Waals surface area contributed by atoms with Crippen LogP contribution in [-0.2, 0) is 9.47 Å². The zero-order valence-corrected chi connectivity index (χ0v) is 19.2. The Morgan fingerprint density at radius 1 is 1.14 bits per heavy atom. The molecule has 1 aliphatic heterocycles. The van der Waals surface area contributed by atoms with Crippen LogP contribution in [0, 0.1) is 11.8 Å². The molecule has 1 amide bonds. The monoisotopic (exact) mass is 410 g/mol. The molecule has 168 valence electrons. The number of carbonyl (C=O) groups excluding carboxylic acids is 1. The van der Waals surface area contributed by atoms with Gasteiger partial charge in [0, 0.05) is 39.3 Å². The zero-order valence-electron chi connectivity index (χ0n) is 19.2. The second-order valence-corrected chi connectivity index (χ2v) is 9.20. The molecule has 0 spiro atoms. The van der Waals surface area contributed by atoms with Gasteiger partial charge in [0.1, 0.15) is 5.60 Å².